The normalized spacial score (nSPS) is 11.4. The number of carbonyl (C=O) groups is 1. The van der Waals surface area contributed by atoms with Gasteiger partial charge in [0.15, 0.2) is 0 Å². The van der Waals surface area contributed by atoms with E-state index >= 15 is 0 Å². The molecular formula is C24H24BrClN2O4S. The van der Waals surface area contributed by atoms with Gasteiger partial charge in [-0.25, -0.2) is 8.42 Å². The van der Waals surface area contributed by atoms with Crippen LogP contribution in [0.15, 0.2) is 82.2 Å². The Balaban J connectivity index is 1.70. The van der Waals surface area contributed by atoms with Crippen LogP contribution in [-0.2, 0) is 27.8 Å². The van der Waals surface area contributed by atoms with Crippen LogP contribution in [0.3, 0.4) is 0 Å². The Labute approximate surface area is 207 Å². The second-order valence-electron chi connectivity index (χ2n) is 7.30. The van der Waals surface area contributed by atoms with Crippen molar-refractivity contribution in [3.63, 3.8) is 0 Å². The van der Waals surface area contributed by atoms with Gasteiger partial charge in [0, 0.05) is 22.6 Å². The molecule has 0 aliphatic heterocycles. The minimum atomic E-state index is -3.90. The third kappa shape index (κ3) is 7.30. The molecule has 174 valence electrons. The average molecular weight is 552 g/mol. The van der Waals surface area contributed by atoms with Crippen molar-refractivity contribution in [3.8, 4) is 5.75 Å². The van der Waals surface area contributed by atoms with E-state index in [0.717, 1.165) is 21.3 Å². The number of carbonyl (C=O) groups excluding carboxylic acids is 1. The van der Waals surface area contributed by atoms with E-state index in [0.29, 0.717) is 18.0 Å². The van der Waals surface area contributed by atoms with E-state index in [4.69, 9.17) is 16.3 Å². The molecule has 0 bridgehead atoms. The second-order valence-corrected chi connectivity index (χ2v) is 10.6. The monoisotopic (exact) mass is 550 g/mol. The second kappa shape index (κ2) is 11.7. The molecule has 0 saturated carbocycles. The maximum Gasteiger partial charge on any atom is 0.243 e. The Hall–Kier alpha value is -2.39. The van der Waals surface area contributed by atoms with E-state index in [9.17, 15) is 13.2 Å². The molecule has 0 spiro atoms. The number of amides is 1. The van der Waals surface area contributed by atoms with Gasteiger partial charge in [0.1, 0.15) is 5.75 Å². The fraction of sp³-hybridized carbons (Fsp3) is 0.208. The summed E-state index contributed by atoms with van der Waals surface area (Å²) in [7, 11) is -2.30. The van der Waals surface area contributed by atoms with Gasteiger partial charge < -0.3 is 10.1 Å². The van der Waals surface area contributed by atoms with E-state index in [-0.39, 0.29) is 23.9 Å². The van der Waals surface area contributed by atoms with Gasteiger partial charge in [-0.3, -0.25) is 4.79 Å². The van der Waals surface area contributed by atoms with Crippen molar-refractivity contribution in [1.82, 2.24) is 9.62 Å². The van der Waals surface area contributed by atoms with E-state index in [1.807, 2.05) is 24.3 Å². The number of sulfonamides is 1. The summed E-state index contributed by atoms with van der Waals surface area (Å²) in [5.41, 5.74) is 1.77. The summed E-state index contributed by atoms with van der Waals surface area (Å²) >= 11 is 9.26. The molecule has 0 unspecified atom stereocenters. The number of methoxy groups -OCH3 is 1. The summed E-state index contributed by atoms with van der Waals surface area (Å²) in [6.07, 6.45) is 0.617. The zero-order valence-electron chi connectivity index (χ0n) is 18.0. The van der Waals surface area contributed by atoms with Crippen molar-refractivity contribution in [2.75, 3.05) is 20.2 Å². The van der Waals surface area contributed by atoms with Crippen LogP contribution in [0.5, 0.6) is 5.75 Å². The molecule has 9 heteroatoms. The molecule has 0 saturated heterocycles. The molecule has 0 aliphatic carbocycles. The maximum absolute atomic E-state index is 13.3. The van der Waals surface area contributed by atoms with Gasteiger partial charge in [0.2, 0.25) is 15.9 Å². The van der Waals surface area contributed by atoms with Crippen LogP contribution in [0.2, 0.25) is 5.02 Å². The molecule has 0 aliphatic rings. The van der Waals surface area contributed by atoms with Crippen LogP contribution in [-0.4, -0.2) is 38.8 Å². The Morgan fingerprint density at radius 3 is 2.18 bits per heavy atom. The zero-order chi connectivity index (χ0) is 23.8. The zero-order valence-corrected chi connectivity index (χ0v) is 21.2. The maximum atomic E-state index is 13.3. The lowest BCUT2D eigenvalue weighted by Gasteiger charge is -2.22. The molecule has 1 amide bonds. The van der Waals surface area contributed by atoms with Crippen LogP contribution in [0.4, 0.5) is 0 Å². The molecule has 0 aromatic heterocycles. The third-order valence-electron chi connectivity index (χ3n) is 4.94. The number of hydrogen-bond acceptors (Lipinski definition) is 4. The molecule has 6 nitrogen and oxygen atoms in total. The molecule has 1 N–H and O–H groups in total. The fourth-order valence-electron chi connectivity index (χ4n) is 3.13. The summed E-state index contributed by atoms with van der Waals surface area (Å²) in [6.45, 7) is 0.128. The van der Waals surface area contributed by atoms with Crippen LogP contribution in [0.25, 0.3) is 0 Å². The number of nitrogens with zero attached hydrogens (tertiary/aromatic N) is 1. The first-order chi connectivity index (χ1) is 15.8. The van der Waals surface area contributed by atoms with Gasteiger partial charge >= 0.3 is 0 Å². The van der Waals surface area contributed by atoms with Crippen LogP contribution in [0.1, 0.15) is 11.1 Å². The van der Waals surface area contributed by atoms with Gasteiger partial charge in [-0.1, -0.05) is 51.8 Å². The topological polar surface area (TPSA) is 75.7 Å². The van der Waals surface area contributed by atoms with E-state index in [1.165, 1.54) is 16.4 Å². The first-order valence-electron chi connectivity index (χ1n) is 10.2. The molecule has 3 aromatic rings. The highest BCUT2D eigenvalue weighted by Crippen LogP contribution is 2.21. The van der Waals surface area contributed by atoms with Gasteiger partial charge in [-0.2, -0.15) is 4.31 Å². The number of hydrogen-bond donors (Lipinski definition) is 1. The summed E-state index contributed by atoms with van der Waals surface area (Å²) in [6, 6.07) is 20.8. The van der Waals surface area contributed by atoms with Crippen LogP contribution < -0.4 is 10.1 Å². The smallest absolute Gasteiger partial charge is 0.243 e. The molecule has 0 heterocycles. The molecule has 0 radical (unpaired) electrons. The summed E-state index contributed by atoms with van der Waals surface area (Å²) in [4.78, 5) is 12.8. The highest BCUT2D eigenvalue weighted by Gasteiger charge is 2.27. The first-order valence-corrected chi connectivity index (χ1v) is 12.8. The molecule has 0 fully saturated rings. The SMILES string of the molecule is COc1ccc(CCNC(=O)CN(Cc2ccc(Cl)cc2)S(=O)(=O)c2ccc(Br)cc2)cc1. The highest BCUT2D eigenvalue weighted by atomic mass is 79.9. The summed E-state index contributed by atoms with van der Waals surface area (Å²) < 4.78 is 33.7. The lowest BCUT2D eigenvalue weighted by atomic mass is 10.1. The van der Waals surface area contributed by atoms with Gasteiger partial charge in [0.25, 0.3) is 0 Å². The van der Waals surface area contributed by atoms with E-state index in [1.54, 1.807) is 43.5 Å². The summed E-state index contributed by atoms with van der Waals surface area (Å²) in [5.74, 6) is 0.386. The molecule has 0 atom stereocenters. The van der Waals surface area contributed by atoms with Crippen LogP contribution in [0, 0.1) is 0 Å². The lowest BCUT2D eigenvalue weighted by Crippen LogP contribution is -2.40. The van der Waals surface area contributed by atoms with E-state index in [2.05, 4.69) is 21.2 Å². The van der Waals surface area contributed by atoms with Crippen molar-refractivity contribution >= 4 is 43.5 Å². The average Bonchev–Trinajstić information content (AvgIpc) is 2.81. The Morgan fingerprint density at radius 1 is 0.970 bits per heavy atom. The third-order valence-corrected chi connectivity index (χ3v) is 7.53. The Kier molecular flexibility index (Phi) is 8.91. The van der Waals surface area contributed by atoms with Gasteiger partial charge in [-0.15, -0.1) is 0 Å². The van der Waals surface area contributed by atoms with Crippen molar-refractivity contribution in [2.45, 2.75) is 17.9 Å². The number of ether oxygens (including phenoxy) is 1. The largest absolute Gasteiger partial charge is 0.497 e. The van der Waals surface area contributed by atoms with Crippen molar-refractivity contribution in [3.05, 3.63) is 93.4 Å². The fourth-order valence-corrected chi connectivity index (χ4v) is 4.90. The van der Waals surface area contributed by atoms with Crippen molar-refractivity contribution in [1.29, 1.82) is 0 Å². The number of benzene rings is 3. The lowest BCUT2D eigenvalue weighted by molar-refractivity contribution is -0.121. The highest BCUT2D eigenvalue weighted by molar-refractivity contribution is 9.10. The van der Waals surface area contributed by atoms with Gasteiger partial charge in [0.05, 0.1) is 18.6 Å². The predicted octanol–water partition coefficient (Wildman–Crippen LogP) is 4.66. The number of halogens is 2. The standard InChI is InChI=1S/C24H24BrClN2O4S/c1-32-22-10-4-18(5-11-22)14-15-27-24(29)17-28(16-19-2-8-21(26)9-3-19)33(30,31)23-12-6-20(25)7-13-23/h2-13H,14-17H2,1H3,(H,27,29). The Bertz CT molecular complexity index is 1170. The Morgan fingerprint density at radius 2 is 1.58 bits per heavy atom. The van der Waals surface area contributed by atoms with Crippen molar-refractivity contribution in [2.24, 2.45) is 0 Å². The predicted molar refractivity (Wildman–Crippen MR) is 133 cm³/mol. The summed E-state index contributed by atoms with van der Waals surface area (Å²) in [5, 5.41) is 3.37. The molecule has 3 rings (SSSR count). The van der Waals surface area contributed by atoms with Crippen molar-refractivity contribution < 1.29 is 17.9 Å². The quantitative estimate of drug-likeness (QED) is 0.398. The van der Waals surface area contributed by atoms with Crippen LogP contribution >= 0.6 is 27.5 Å². The van der Waals surface area contributed by atoms with E-state index < -0.39 is 10.0 Å². The number of nitrogens with one attached hydrogen (secondary N) is 1. The molecule has 3 aromatic carbocycles. The minimum absolute atomic E-state index is 0.0431. The minimum Gasteiger partial charge on any atom is -0.497 e. The van der Waals surface area contributed by atoms with Gasteiger partial charge in [-0.05, 0) is 66.1 Å². The first kappa shape index (κ1) is 25.2. The molecule has 33 heavy (non-hydrogen) atoms. The molecular weight excluding hydrogens is 528 g/mol. The number of rotatable bonds is 10.